The summed E-state index contributed by atoms with van der Waals surface area (Å²) in [6.45, 7) is 0.0846. The van der Waals surface area contributed by atoms with Crippen LogP contribution in [0.1, 0.15) is 15.9 Å². The molecule has 0 aliphatic carbocycles. The van der Waals surface area contributed by atoms with Crippen LogP contribution in [-0.4, -0.2) is 17.6 Å². The van der Waals surface area contributed by atoms with E-state index in [2.05, 4.69) is 20.9 Å². The molecule has 0 unspecified atom stereocenters. The summed E-state index contributed by atoms with van der Waals surface area (Å²) < 4.78 is 11.4. The van der Waals surface area contributed by atoms with Crippen molar-refractivity contribution >= 4 is 32.5 Å². The third-order valence-corrected chi connectivity index (χ3v) is 4.44. The number of benzene rings is 2. The molecule has 1 aliphatic heterocycles. The van der Waals surface area contributed by atoms with Gasteiger partial charge in [0, 0.05) is 21.6 Å². The topological polar surface area (TPSA) is 68.4 Å². The molecule has 1 aliphatic rings. The lowest BCUT2D eigenvalue weighted by molar-refractivity contribution is 0.103. The van der Waals surface area contributed by atoms with E-state index in [9.17, 15) is 9.59 Å². The number of aromatic amines is 1. The molecule has 2 aromatic carbocycles. The largest absolute Gasteiger partial charge is 0.454 e. The zero-order valence-electron chi connectivity index (χ0n) is 11.8. The molecule has 114 valence electrons. The summed E-state index contributed by atoms with van der Waals surface area (Å²) >= 11 is 3.40. The molecule has 0 bridgehead atoms. The summed E-state index contributed by atoms with van der Waals surface area (Å²) in [7, 11) is 0. The van der Waals surface area contributed by atoms with E-state index in [1.165, 1.54) is 6.20 Å². The normalized spacial score (nSPS) is 12.6. The summed E-state index contributed by atoms with van der Waals surface area (Å²) in [4.78, 5) is 27.6. The Morgan fingerprint density at radius 1 is 1.09 bits per heavy atom. The molecule has 0 fully saturated rings. The molecule has 0 saturated heterocycles. The molecular formula is C17H10BrNO4. The maximum atomic E-state index is 13.1. The van der Waals surface area contributed by atoms with Gasteiger partial charge in [0.05, 0.1) is 5.56 Å². The monoisotopic (exact) mass is 371 g/mol. The van der Waals surface area contributed by atoms with Crippen LogP contribution in [0.15, 0.2) is 51.9 Å². The van der Waals surface area contributed by atoms with Crippen LogP contribution in [0.4, 0.5) is 0 Å². The van der Waals surface area contributed by atoms with Gasteiger partial charge in [-0.15, -0.1) is 0 Å². The zero-order chi connectivity index (χ0) is 16.0. The second kappa shape index (κ2) is 5.24. The highest BCUT2D eigenvalue weighted by molar-refractivity contribution is 9.10. The number of carbonyl (C=O) groups is 1. The predicted octanol–water partition coefficient (Wildman–Crippen LogP) is 3.25. The number of rotatable bonds is 2. The van der Waals surface area contributed by atoms with Crippen molar-refractivity contribution in [3.63, 3.8) is 0 Å². The summed E-state index contributed by atoms with van der Waals surface area (Å²) in [5.74, 6) is 0.733. The molecule has 4 rings (SSSR count). The van der Waals surface area contributed by atoms with Crippen molar-refractivity contribution in [3.8, 4) is 11.5 Å². The minimum absolute atomic E-state index is 0.0846. The van der Waals surface area contributed by atoms with Crippen molar-refractivity contribution in [1.82, 2.24) is 4.98 Å². The smallest absolute Gasteiger partial charge is 0.255 e. The fraction of sp³-hybridized carbons (Fsp3) is 0.0588. The lowest BCUT2D eigenvalue weighted by atomic mass is 9.97. The average molecular weight is 372 g/mol. The first-order valence-corrected chi connectivity index (χ1v) is 7.69. The second-order valence-corrected chi connectivity index (χ2v) is 5.91. The van der Waals surface area contributed by atoms with E-state index in [4.69, 9.17) is 9.47 Å². The second-order valence-electron chi connectivity index (χ2n) is 5.06. The van der Waals surface area contributed by atoms with E-state index in [0.717, 1.165) is 0 Å². The molecule has 1 N–H and O–H groups in total. The van der Waals surface area contributed by atoms with E-state index in [0.29, 0.717) is 37.9 Å². The van der Waals surface area contributed by atoms with Crippen LogP contribution in [0.3, 0.4) is 0 Å². The number of ether oxygens (including phenoxy) is 2. The van der Waals surface area contributed by atoms with E-state index in [-0.39, 0.29) is 18.1 Å². The number of carbonyl (C=O) groups excluding carboxylic acids is 1. The minimum atomic E-state index is -0.228. The highest BCUT2D eigenvalue weighted by Crippen LogP contribution is 2.41. The van der Waals surface area contributed by atoms with Gasteiger partial charge in [0.1, 0.15) is 0 Å². The number of H-pyrrole nitrogens is 1. The van der Waals surface area contributed by atoms with Crippen molar-refractivity contribution in [3.05, 3.63) is 68.5 Å². The van der Waals surface area contributed by atoms with Gasteiger partial charge >= 0.3 is 0 Å². The number of fused-ring (bicyclic) bond motifs is 2. The van der Waals surface area contributed by atoms with E-state index < -0.39 is 0 Å². The molecule has 0 spiro atoms. The molecule has 0 saturated carbocycles. The van der Waals surface area contributed by atoms with Crippen LogP contribution in [0.5, 0.6) is 11.5 Å². The first-order valence-electron chi connectivity index (χ1n) is 6.90. The summed E-state index contributed by atoms with van der Waals surface area (Å²) in [5, 5.41) is 1.07. The minimum Gasteiger partial charge on any atom is -0.454 e. The molecule has 5 nitrogen and oxygen atoms in total. The number of hydrogen-bond donors (Lipinski definition) is 1. The SMILES string of the molecule is O=C(c1c(Br)ccc2c1OCO2)c1cccc2c(=O)[nH]ccc12. The number of aromatic nitrogens is 1. The van der Waals surface area contributed by atoms with Gasteiger partial charge < -0.3 is 14.5 Å². The quantitative estimate of drug-likeness (QED) is 0.702. The summed E-state index contributed by atoms with van der Waals surface area (Å²) in [6.07, 6.45) is 1.53. The van der Waals surface area contributed by atoms with Gasteiger partial charge in [0.15, 0.2) is 17.3 Å². The van der Waals surface area contributed by atoms with Crippen LogP contribution in [0.2, 0.25) is 0 Å². The molecule has 0 atom stereocenters. The third kappa shape index (κ3) is 2.14. The van der Waals surface area contributed by atoms with Gasteiger partial charge in [-0.05, 0) is 45.6 Å². The molecule has 6 heteroatoms. The third-order valence-electron chi connectivity index (χ3n) is 3.78. The zero-order valence-corrected chi connectivity index (χ0v) is 13.3. The van der Waals surface area contributed by atoms with E-state index in [1.807, 2.05) is 0 Å². The number of hydrogen-bond acceptors (Lipinski definition) is 4. The maximum absolute atomic E-state index is 13.1. The van der Waals surface area contributed by atoms with E-state index in [1.54, 1.807) is 36.4 Å². The molecule has 3 aromatic rings. The van der Waals surface area contributed by atoms with Crippen LogP contribution in [0.25, 0.3) is 10.8 Å². The highest BCUT2D eigenvalue weighted by atomic mass is 79.9. The maximum Gasteiger partial charge on any atom is 0.255 e. The standard InChI is InChI=1S/C17H10BrNO4/c18-12-4-5-13-16(23-8-22-13)14(12)15(20)10-2-1-3-11-9(10)6-7-19-17(11)21/h1-7H,8H2,(H,19,21). The fourth-order valence-corrected chi connectivity index (χ4v) is 3.21. The first-order chi connectivity index (χ1) is 11.2. The Bertz CT molecular complexity index is 1010. The van der Waals surface area contributed by atoms with Gasteiger partial charge in [-0.1, -0.05) is 12.1 Å². The van der Waals surface area contributed by atoms with Crippen molar-refractivity contribution in [2.45, 2.75) is 0 Å². The van der Waals surface area contributed by atoms with Crippen molar-refractivity contribution in [2.24, 2.45) is 0 Å². The van der Waals surface area contributed by atoms with Crippen LogP contribution in [-0.2, 0) is 0 Å². The Hall–Kier alpha value is -2.60. The number of halogens is 1. The van der Waals surface area contributed by atoms with Crippen molar-refractivity contribution in [1.29, 1.82) is 0 Å². The van der Waals surface area contributed by atoms with Crippen LogP contribution in [0, 0.1) is 0 Å². The summed E-state index contributed by atoms with van der Waals surface area (Å²) in [6, 6.07) is 10.3. The Balaban J connectivity index is 1.97. The molecule has 23 heavy (non-hydrogen) atoms. The fourth-order valence-electron chi connectivity index (χ4n) is 2.71. The van der Waals surface area contributed by atoms with Gasteiger partial charge in [-0.25, -0.2) is 0 Å². The van der Waals surface area contributed by atoms with Crippen molar-refractivity contribution in [2.75, 3.05) is 6.79 Å². The van der Waals surface area contributed by atoms with Gasteiger partial charge in [0.25, 0.3) is 5.56 Å². The van der Waals surface area contributed by atoms with E-state index >= 15 is 0 Å². The van der Waals surface area contributed by atoms with Gasteiger partial charge in [-0.2, -0.15) is 0 Å². The predicted molar refractivity (Wildman–Crippen MR) is 88.3 cm³/mol. The van der Waals surface area contributed by atoms with Crippen LogP contribution < -0.4 is 15.0 Å². The Labute approximate surface area is 139 Å². The lowest BCUT2D eigenvalue weighted by Gasteiger charge is -2.09. The highest BCUT2D eigenvalue weighted by Gasteiger charge is 2.26. The van der Waals surface area contributed by atoms with Crippen molar-refractivity contribution < 1.29 is 14.3 Å². The number of pyridine rings is 1. The Kier molecular flexibility index (Phi) is 3.20. The van der Waals surface area contributed by atoms with Crippen LogP contribution >= 0.6 is 15.9 Å². The first kappa shape index (κ1) is 14.0. The molecular weight excluding hydrogens is 362 g/mol. The molecule has 2 heterocycles. The van der Waals surface area contributed by atoms with Gasteiger partial charge in [-0.3, -0.25) is 9.59 Å². The lowest BCUT2D eigenvalue weighted by Crippen LogP contribution is -2.09. The molecule has 1 aromatic heterocycles. The Morgan fingerprint density at radius 2 is 1.96 bits per heavy atom. The Morgan fingerprint density at radius 3 is 2.83 bits per heavy atom. The summed E-state index contributed by atoms with van der Waals surface area (Å²) in [5.41, 5.74) is 0.611. The molecule has 0 radical (unpaired) electrons. The number of nitrogens with one attached hydrogen (secondary N) is 1. The number of ketones is 1. The molecule has 0 amide bonds. The average Bonchev–Trinajstić information content (AvgIpc) is 3.02. The van der Waals surface area contributed by atoms with Gasteiger partial charge in [0.2, 0.25) is 6.79 Å².